The number of piperazine rings is 1. The largest absolute Gasteiger partial charge is 0.324 e. The van der Waals surface area contributed by atoms with Crippen LogP contribution >= 0.6 is 11.6 Å². The van der Waals surface area contributed by atoms with Crippen molar-refractivity contribution in [2.24, 2.45) is 0 Å². The van der Waals surface area contributed by atoms with E-state index in [1.165, 1.54) is 0 Å². The molecule has 0 saturated carbocycles. The van der Waals surface area contributed by atoms with Crippen LogP contribution in [0.5, 0.6) is 0 Å². The van der Waals surface area contributed by atoms with Crippen molar-refractivity contribution in [2.75, 3.05) is 43.0 Å². The molecular formula is C23H28ClN3O3S. The number of sulfone groups is 1. The van der Waals surface area contributed by atoms with Crippen LogP contribution < -0.4 is 5.32 Å². The first-order valence-corrected chi connectivity index (χ1v) is 12.8. The van der Waals surface area contributed by atoms with Crippen molar-refractivity contribution in [2.45, 2.75) is 25.4 Å². The number of nitrogens with zero attached hydrogens (tertiary/aromatic N) is 2. The molecule has 2 fully saturated rings. The van der Waals surface area contributed by atoms with Gasteiger partial charge in [-0.2, -0.15) is 0 Å². The second-order valence-electron chi connectivity index (χ2n) is 8.40. The summed E-state index contributed by atoms with van der Waals surface area (Å²) in [7, 11) is -2.90. The molecule has 31 heavy (non-hydrogen) atoms. The van der Waals surface area contributed by atoms with Crippen molar-refractivity contribution >= 4 is 33.0 Å². The topological polar surface area (TPSA) is 69.7 Å². The molecule has 0 aliphatic carbocycles. The van der Waals surface area contributed by atoms with Crippen molar-refractivity contribution in [3.8, 4) is 0 Å². The summed E-state index contributed by atoms with van der Waals surface area (Å²) in [6, 6.07) is 15.0. The minimum Gasteiger partial charge on any atom is -0.324 e. The Bertz CT molecular complexity index is 1040. The number of aryl methyl sites for hydroxylation is 1. The minimum absolute atomic E-state index is 0.0944. The van der Waals surface area contributed by atoms with Gasteiger partial charge in [0.05, 0.1) is 11.5 Å². The van der Waals surface area contributed by atoms with Crippen LogP contribution in [0.25, 0.3) is 0 Å². The Labute approximate surface area is 189 Å². The molecule has 6 nitrogen and oxygen atoms in total. The van der Waals surface area contributed by atoms with E-state index in [9.17, 15) is 13.2 Å². The summed E-state index contributed by atoms with van der Waals surface area (Å²) in [6.45, 7) is 4.85. The zero-order chi connectivity index (χ0) is 22.0. The van der Waals surface area contributed by atoms with E-state index in [1.54, 1.807) is 6.07 Å². The van der Waals surface area contributed by atoms with Crippen molar-refractivity contribution < 1.29 is 13.2 Å². The smallest absolute Gasteiger partial charge is 0.246 e. The van der Waals surface area contributed by atoms with Crippen molar-refractivity contribution in [1.29, 1.82) is 0 Å². The lowest BCUT2D eigenvalue weighted by molar-refractivity contribution is -0.122. The number of benzene rings is 2. The molecule has 8 heteroatoms. The summed E-state index contributed by atoms with van der Waals surface area (Å²) >= 11 is 6.23. The van der Waals surface area contributed by atoms with Gasteiger partial charge in [0.2, 0.25) is 5.91 Å². The number of anilines is 1. The third kappa shape index (κ3) is 5.29. The third-order valence-electron chi connectivity index (χ3n) is 6.24. The number of hydrogen-bond donors (Lipinski definition) is 1. The fourth-order valence-electron chi connectivity index (χ4n) is 4.47. The maximum absolute atomic E-state index is 13.3. The molecule has 0 spiro atoms. The minimum atomic E-state index is -2.90. The van der Waals surface area contributed by atoms with Gasteiger partial charge in [0, 0.05) is 42.9 Å². The summed E-state index contributed by atoms with van der Waals surface area (Å²) in [5.41, 5.74) is 2.58. The van der Waals surface area contributed by atoms with Gasteiger partial charge < -0.3 is 5.32 Å². The van der Waals surface area contributed by atoms with Crippen LogP contribution in [0.4, 0.5) is 5.69 Å². The van der Waals surface area contributed by atoms with Gasteiger partial charge in [0.15, 0.2) is 9.84 Å². The van der Waals surface area contributed by atoms with Gasteiger partial charge in [0.25, 0.3) is 0 Å². The molecule has 2 aromatic carbocycles. The average Bonchev–Trinajstić information content (AvgIpc) is 3.12. The van der Waals surface area contributed by atoms with Gasteiger partial charge in [-0.1, -0.05) is 48.0 Å². The molecule has 2 aliphatic heterocycles. The molecular weight excluding hydrogens is 434 g/mol. The van der Waals surface area contributed by atoms with E-state index in [0.717, 1.165) is 24.2 Å². The summed E-state index contributed by atoms with van der Waals surface area (Å²) < 4.78 is 23.7. The highest BCUT2D eigenvalue weighted by atomic mass is 35.5. The summed E-state index contributed by atoms with van der Waals surface area (Å²) in [6.07, 6.45) is 0.707. The average molecular weight is 462 g/mol. The zero-order valence-corrected chi connectivity index (χ0v) is 19.2. The van der Waals surface area contributed by atoms with Crippen LogP contribution in [0.3, 0.4) is 0 Å². The van der Waals surface area contributed by atoms with Crippen LogP contribution in [0.1, 0.15) is 23.6 Å². The van der Waals surface area contributed by atoms with Gasteiger partial charge in [-0.25, -0.2) is 8.42 Å². The maximum atomic E-state index is 13.3. The normalized spacial score (nSPS) is 22.8. The van der Waals surface area contributed by atoms with E-state index < -0.39 is 15.9 Å². The quantitative estimate of drug-likeness (QED) is 0.740. The standard InChI is InChI=1S/C23H28ClN3O3S/c1-17-7-8-19(15-21(17)24)25-23(28)22(18-5-3-2-4-6-18)27-12-10-26(11-13-27)20-9-14-31(29,30)16-20/h2-8,15,20,22H,9-14,16H2,1H3,(H,25,28)/t20-,22-/m1/s1. The molecule has 2 aromatic rings. The summed E-state index contributed by atoms with van der Waals surface area (Å²) in [5, 5.41) is 3.64. The molecule has 2 atom stereocenters. The van der Waals surface area contributed by atoms with Crippen LogP contribution in [-0.2, 0) is 14.6 Å². The number of amides is 1. The number of carbonyl (C=O) groups excluding carboxylic acids is 1. The Kier molecular flexibility index (Phi) is 6.67. The predicted molar refractivity (Wildman–Crippen MR) is 124 cm³/mol. The van der Waals surface area contributed by atoms with Gasteiger partial charge in [-0.3, -0.25) is 14.6 Å². The van der Waals surface area contributed by atoms with Gasteiger partial charge in [-0.15, -0.1) is 0 Å². The number of halogens is 1. The van der Waals surface area contributed by atoms with E-state index in [0.29, 0.717) is 30.2 Å². The number of carbonyl (C=O) groups is 1. The van der Waals surface area contributed by atoms with E-state index in [1.807, 2.05) is 49.4 Å². The zero-order valence-electron chi connectivity index (χ0n) is 17.6. The van der Waals surface area contributed by atoms with Crippen LogP contribution in [0.15, 0.2) is 48.5 Å². The van der Waals surface area contributed by atoms with E-state index in [2.05, 4.69) is 15.1 Å². The Hall–Kier alpha value is -1.93. The molecule has 0 radical (unpaired) electrons. The van der Waals surface area contributed by atoms with Crippen molar-refractivity contribution in [1.82, 2.24) is 9.80 Å². The van der Waals surface area contributed by atoms with Gasteiger partial charge >= 0.3 is 0 Å². The first-order chi connectivity index (χ1) is 14.8. The molecule has 2 aliphatic rings. The fourth-order valence-corrected chi connectivity index (χ4v) is 6.41. The first kappa shape index (κ1) is 22.3. The van der Waals surface area contributed by atoms with Crippen molar-refractivity contribution in [3.63, 3.8) is 0 Å². The highest BCUT2D eigenvalue weighted by Gasteiger charge is 2.36. The van der Waals surface area contributed by atoms with E-state index >= 15 is 0 Å². The molecule has 166 valence electrons. The van der Waals surface area contributed by atoms with E-state index in [4.69, 9.17) is 11.6 Å². The van der Waals surface area contributed by atoms with Crippen molar-refractivity contribution in [3.05, 3.63) is 64.7 Å². The number of nitrogens with one attached hydrogen (secondary N) is 1. The molecule has 0 bridgehead atoms. The lowest BCUT2D eigenvalue weighted by Gasteiger charge is -2.40. The van der Waals surface area contributed by atoms with Crippen LogP contribution in [0, 0.1) is 6.92 Å². The Morgan fingerprint density at radius 3 is 2.42 bits per heavy atom. The Morgan fingerprint density at radius 2 is 1.81 bits per heavy atom. The highest BCUT2D eigenvalue weighted by Crippen LogP contribution is 2.27. The van der Waals surface area contributed by atoms with Crippen LogP contribution in [-0.4, -0.2) is 67.9 Å². The van der Waals surface area contributed by atoms with Gasteiger partial charge in [0.1, 0.15) is 6.04 Å². The Balaban J connectivity index is 1.48. The second-order valence-corrected chi connectivity index (χ2v) is 11.0. The molecule has 0 aromatic heterocycles. The van der Waals surface area contributed by atoms with Gasteiger partial charge in [-0.05, 0) is 36.6 Å². The summed E-state index contributed by atoms with van der Waals surface area (Å²) in [4.78, 5) is 17.8. The molecule has 2 heterocycles. The monoisotopic (exact) mass is 461 g/mol. The molecule has 0 unspecified atom stereocenters. The highest BCUT2D eigenvalue weighted by molar-refractivity contribution is 7.91. The maximum Gasteiger partial charge on any atom is 0.246 e. The predicted octanol–water partition coefficient (Wildman–Crippen LogP) is 3.13. The summed E-state index contributed by atoms with van der Waals surface area (Å²) in [5.74, 6) is 0.443. The second kappa shape index (κ2) is 9.28. The first-order valence-electron chi connectivity index (χ1n) is 10.6. The van der Waals surface area contributed by atoms with E-state index in [-0.39, 0.29) is 23.5 Å². The lowest BCUT2D eigenvalue weighted by atomic mass is 10.0. The molecule has 1 N–H and O–H groups in total. The molecule has 2 saturated heterocycles. The molecule has 1 amide bonds. The fraction of sp³-hybridized carbons (Fsp3) is 0.435. The lowest BCUT2D eigenvalue weighted by Crippen LogP contribution is -2.53. The SMILES string of the molecule is Cc1ccc(NC(=O)[C@@H](c2ccccc2)N2CCN([C@@H]3CCS(=O)(=O)C3)CC2)cc1Cl. The number of hydrogen-bond acceptors (Lipinski definition) is 5. The number of rotatable bonds is 5. The van der Waals surface area contributed by atoms with Crippen LogP contribution in [0.2, 0.25) is 5.02 Å². The molecule has 4 rings (SSSR count). The third-order valence-corrected chi connectivity index (χ3v) is 8.40. The Morgan fingerprint density at radius 1 is 1.10 bits per heavy atom.